The van der Waals surface area contributed by atoms with E-state index >= 15 is 0 Å². The highest BCUT2D eigenvalue weighted by Gasteiger charge is 2.41. The summed E-state index contributed by atoms with van der Waals surface area (Å²) in [4.78, 5) is 23.8. The van der Waals surface area contributed by atoms with E-state index in [1.807, 2.05) is 0 Å². The average Bonchev–Trinajstić information content (AvgIpc) is 2.89. The summed E-state index contributed by atoms with van der Waals surface area (Å²) < 4.78 is 5.64. The van der Waals surface area contributed by atoms with E-state index in [4.69, 9.17) is 9.84 Å². The molecule has 2 heterocycles. The quantitative estimate of drug-likeness (QED) is 0.704. The summed E-state index contributed by atoms with van der Waals surface area (Å²) in [5.74, 6) is -1.03. The van der Waals surface area contributed by atoms with Crippen LogP contribution in [0.15, 0.2) is 12.7 Å². The SMILES string of the molecule is C=CCN(CC(=O)O)C(=O)NC1CC2CCC1O2. The largest absolute Gasteiger partial charge is 0.480 e. The number of carboxylic acids is 1. The van der Waals surface area contributed by atoms with Crippen molar-refractivity contribution < 1.29 is 19.4 Å². The number of carbonyl (C=O) groups excluding carboxylic acids is 1. The van der Waals surface area contributed by atoms with Crippen LogP contribution in [0, 0.1) is 0 Å². The highest BCUT2D eigenvalue weighted by Crippen LogP contribution is 2.34. The normalized spacial score (nSPS) is 29.0. The van der Waals surface area contributed by atoms with Crippen molar-refractivity contribution in [2.24, 2.45) is 0 Å². The van der Waals surface area contributed by atoms with Gasteiger partial charge in [0.15, 0.2) is 0 Å². The molecule has 2 saturated heterocycles. The van der Waals surface area contributed by atoms with Crippen molar-refractivity contribution >= 4 is 12.0 Å². The fraction of sp³-hybridized carbons (Fsp3) is 0.667. The summed E-state index contributed by atoms with van der Waals surface area (Å²) in [6, 6.07) is -0.351. The van der Waals surface area contributed by atoms with Gasteiger partial charge < -0.3 is 20.1 Å². The van der Waals surface area contributed by atoms with Crippen LogP contribution < -0.4 is 5.32 Å². The topological polar surface area (TPSA) is 78.9 Å². The predicted molar refractivity (Wildman–Crippen MR) is 64.2 cm³/mol. The molecule has 0 aliphatic carbocycles. The molecule has 0 aromatic carbocycles. The van der Waals surface area contributed by atoms with Crippen LogP contribution in [0.3, 0.4) is 0 Å². The fourth-order valence-corrected chi connectivity index (χ4v) is 2.58. The van der Waals surface area contributed by atoms with Crippen molar-refractivity contribution in [1.29, 1.82) is 0 Å². The summed E-state index contributed by atoms with van der Waals surface area (Å²) in [5, 5.41) is 11.6. The van der Waals surface area contributed by atoms with Crippen LogP contribution in [0.1, 0.15) is 19.3 Å². The summed E-state index contributed by atoms with van der Waals surface area (Å²) in [5.41, 5.74) is 0. The Bertz CT molecular complexity index is 358. The number of carbonyl (C=O) groups is 2. The van der Waals surface area contributed by atoms with Gasteiger partial charge in [0.05, 0.1) is 18.2 Å². The third kappa shape index (κ3) is 2.81. The van der Waals surface area contributed by atoms with Gasteiger partial charge in [0.1, 0.15) is 6.54 Å². The Kier molecular flexibility index (Phi) is 3.86. The molecule has 18 heavy (non-hydrogen) atoms. The first-order chi connectivity index (χ1) is 8.60. The second-order valence-electron chi connectivity index (χ2n) is 4.73. The van der Waals surface area contributed by atoms with E-state index < -0.39 is 5.97 Å². The van der Waals surface area contributed by atoms with Crippen molar-refractivity contribution in [3.05, 3.63) is 12.7 Å². The molecule has 2 rings (SSSR count). The molecule has 3 atom stereocenters. The minimum atomic E-state index is -1.03. The van der Waals surface area contributed by atoms with Crippen molar-refractivity contribution in [2.45, 2.75) is 37.5 Å². The lowest BCUT2D eigenvalue weighted by atomic mass is 9.96. The van der Waals surface area contributed by atoms with Gasteiger partial charge in [-0.15, -0.1) is 6.58 Å². The van der Waals surface area contributed by atoms with Gasteiger partial charge in [0.2, 0.25) is 0 Å². The Balaban J connectivity index is 1.88. The number of nitrogens with zero attached hydrogens (tertiary/aromatic N) is 1. The van der Waals surface area contributed by atoms with E-state index in [9.17, 15) is 9.59 Å². The van der Waals surface area contributed by atoms with Gasteiger partial charge >= 0.3 is 12.0 Å². The van der Waals surface area contributed by atoms with E-state index in [1.54, 1.807) is 0 Å². The van der Waals surface area contributed by atoms with Gasteiger partial charge in [-0.3, -0.25) is 4.79 Å². The monoisotopic (exact) mass is 254 g/mol. The maximum Gasteiger partial charge on any atom is 0.323 e. The number of urea groups is 1. The zero-order valence-electron chi connectivity index (χ0n) is 10.2. The summed E-state index contributed by atoms with van der Waals surface area (Å²) in [7, 11) is 0. The number of fused-ring (bicyclic) bond motifs is 2. The third-order valence-corrected chi connectivity index (χ3v) is 3.38. The van der Waals surface area contributed by atoms with Crippen LogP contribution in [0.2, 0.25) is 0 Å². The highest BCUT2D eigenvalue weighted by atomic mass is 16.5. The minimum absolute atomic E-state index is 0.0114. The third-order valence-electron chi connectivity index (χ3n) is 3.38. The first-order valence-electron chi connectivity index (χ1n) is 6.13. The van der Waals surface area contributed by atoms with Crippen molar-refractivity contribution in [3.63, 3.8) is 0 Å². The van der Waals surface area contributed by atoms with Crippen LogP contribution in [0.5, 0.6) is 0 Å². The van der Waals surface area contributed by atoms with Crippen molar-refractivity contribution in [1.82, 2.24) is 10.2 Å². The Hall–Kier alpha value is -1.56. The lowest BCUT2D eigenvalue weighted by molar-refractivity contribution is -0.137. The predicted octanol–water partition coefficient (Wildman–Crippen LogP) is 0.589. The molecule has 0 radical (unpaired) electrons. The number of nitrogens with one attached hydrogen (secondary N) is 1. The van der Waals surface area contributed by atoms with E-state index in [0.29, 0.717) is 0 Å². The molecule has 100 valence electrons. The van der Waals surface area contributed by atoms with E-state index in [-0.39, 0.29) is 37.4 Å². The van der Waals surface area contributed by atoms with Gasteiger partial charge in [0.25, 0.3) is 0 Å². The molecule has 0 spiro atoms. The van der Waals surface area contributed by atoms with Gasteiger partial charge in [0, 0.05) is 6.54 Å². The highest BCUT2D eigenvalue weighted by molar-refractivity contribution is 5.80. The zero-order valence-corrected chi connectivity index (χ0v) is 10.2. The number of rotatable bonds is 5. The van der Waals surface area contributed by atoms with Crippen LogP contribution in [-0.2, 0) is 9.53 Å². The average molecular weight is 254 g/mol. The molecule has 0 saturated carbocycles. The summed E-state index contributed by atoms with van der Waals surface area (Å²) >= 11 is 0. The standard InChI is InChI=1S/C12H18N2O4/c1-2-5-14(7-11(15)16)12(17)13-9-6-8-3-4-10(9)18-8/h2,8-10H,1,3-7H2,(H,13,17)(H,15,16). The van der Waals surface area contributed by atoms with Crippen molar-refractivity contribution in [2.75, 3.05) is 13.1 Å². The lowest BCUT2D eigenvalue weighted by Crippen LogP contribution is -2.49. The van der Waals surface area contributed by atoms with Crippen LogP contribution in [-0.4, -0.2) is 53.3 Å². The van der Waals surface area contributed by atoms with E-state index in [0.717, 1.165) is 19.3 Å². The molecule has 3 unspecified atom stereocenters. The Morgan fingerprint density at radius 1 is 1.50 bits per heavy atom. The van der Waals surface area contributed by atoms with Crippen LogP contribution in [0.4, 0.5) is 4.79 Å². The second-order valence-corrected chi connectivity index (χ2v) is 4.73. The zero-order chi connectivity index (χ0) is 13.1. The van der Waals surface area contributed by atoms with Gasteiger partial charge in [-0.2, -0.15) is 0 Å². The molecule has 2 bridgehead atoms. The molecule has 6 nitrogen and oxygen atoms in total. The van der Waals surface area contributed by atoms with Crippen molar-refractivity contribution in [3.8, 4) is 0 Å². The number of hydrogen-bond acceptors (Lipinski definition) is 3. The summed E-state index contributed by atoms with van der Waals surface area (Å²) in [6.07, 6.45) is 4.71. The van der Waals surface area contributed by atoms with Gasteiger partial charge in [-0.05, 0) is 19.3 Å². The fourth-order valence-electron chi connectivity index (χ4n) is 2.58. The molecule has 2 aliphatic rings. The molecule has 2 amide bonds. The maximum absolute atomic E-state index is 11.9. The van der Waals surface area contributed by atoms with E-state index in [2.05, 4.69) is 11.9 Å². The number of amides is 2. The number of hydrogen-bond donors (Lipinski definition) is 2. The molecule has 0 aromatic heterocycles. The van der Waals surface area contributed by atoms with Gasteiger partial charge in [-0.25, -0.2) is 4.79 Å². The number of ether oxygens (including phenoxy) is 1. The molecule has 6 heteroatoms. The molecule has 2 fully saturated rings. The minimum Gasteiger partial charge on any atom is -0.480 e. The Labute approximate surface area is 106 Å². The first kappa shape index (κ1) is 12.9. The molecule has 2 aliphatic heterocycles. The Morgan fingerprint density at radius 2 is 2.28 bits per heavy atom. The second kappa shape index (κ2) is 5.39. The molecule has 2 N–H and O–H groups in total. The van der Waals surface area contributed by atoms with Crippen LogP contribution in [0.25, 0.3) is 0 Å². The molecular weight excluding hydrogens is 236 g/mol. The Morgan fingerprint density at radius 3 is 2.78 bits per heavy atom. The molecular formula is C12H18N2O4. The summed E-state index contributed by atoms with van der Waals surface area (Å²) in [6.45, 7) is 3.42. The smallest absolute Gasteiger partial charge is 0.323 e. The molecule has 0 aromatic rings. The number of aliphatic carboxylic acids is 1. The van der Waals surface area contributed by atoms with Gasteiger partial charge in [-0.1, -0.05) is 6.08 Å². The number of carboxylic acid groups (broad SMARTS) is 1. The maximum atomic E-state index is 11.9. The lowest BCUT2D eigenvalue weighted by Gasteiger charge is -2.25. The first-order valence-corrected chi connectivity index (χ1v) is 6.13. The van der Waals surface area contributed by atoms with Crippen LogP contribution >= 0.6 is 0 Å². The van der Waals surface area contributed by atoms with E-state index in [1.165, 1.54) is 11.0 Å².